The van der Waals surface area contributed by atoms with Gasteiger partial charge in [0.25, 0.3) is 5.91 Å². The molecule has 0 saturated heterocycles. The summed E-state index contributed by atoms with van der Waals surface area (Å²) < 4.78 is 5.23. The maximum Gasteiger partial charge on any atom is 0.324 e. The van der Waals surface area contributed by atoms with Gasteiger partial charge in [0, 0.05) is 6.07 Å². The van der Waals surface area contributed by atoms with Crippen molar-refractivity contribution in [2.24, 2.45) is 5.10 Å². The number of hydrazone groups is 1. The Morgan fingerprint density at radius 3 is 2.76 bits per heavy atom. The number of amides is 1. The second-order valence-electron chi connectivity index (χ2n) is 3.83. The number of ether oxygens (including phenoxy) is 1. The van der Waals surface area contributed by atoms with E-state index in [-0.39, 0.29) is 11.6 Å². The number of carbonyl (C=O) groups is 1. The first-order chi connectivity index (χ1) is 10.1. The second kappa shape index (κ2) is 7.15. The van der Waals surface area contributed by atoms with Crippen molar-refractivity contribution in [1.82, 2.24) is 5.43 Å². The lowest BCUT2D eigenvalue weighted by atomic mass is 10.3. The predicted molar refractivity (Wildman–Crippen MR) is 78.6 cm³/mol. The van der Waals surface area contributed by atoms with Crippen LogP contribution in [-0.4, -0.2) is 23.7 Å². The van der Waals surface area contributed by atoms with Crippen molar-refractivity contribution in [3.63, 3.8) is 0 Å². The van der Waals surface area contributed by atoms with E-state index in [1.165, 1.54) is 12.3 Å². The van der Waals surface area contributed by atoms with Gasteiger partial charge in [-0.05, 0) is 18.2 Å². The van der Waals surface area contributed by atoms with Crippen molar-refractivity contribution in [2.75, 3.05) is 6.61 Å². The molecule has 0 saturated carbocycles. The first-order valence-electron chi connectivity index (χ1n) is 5.89. The number of nitrogens with one attached hydrogen (secondary N) is 1. The number of nitrogens with zero attached hydrogens (tertiary/aromatic N) is 2. The van der Waals surface area contributed by atoms with Crippen LogP contribution in [0.3, 0.4) is 0 Å². The molecule has 1 aromatic heterocycles. The van der Waals surface area contributed by atoms with E-state index in [2.05, 4.69) is 10.5 Å². The highest BCUT2D eigenvalue weighted by atomic mass is 32.1. The molecule has 21 heavy (non-hydrogen) atoms. The minimum Gasteiger partial charge on any atom is -0.484 e. The summed E-state index contributed by atoms with van der Waals surface area (Å²) in [6.07, 6.45) is 1.35. The van der Waals surface area contributed by atoms with Crippen molar-refractivity contribution >= 4 is 28.5 Å². The fourth-order valence-corrected chi connectivity index (χ4v) is 2.07. The van der Waals surface area contributed by atoms with Gasteiger partial charge in [-0.2, -0.15) is 5.10 Å². The van der Waals surface area contributed by atoms with Crippen LogP contribution in [0.1, 0.15) is 4.88 Å². The van der Waals surface area contributed by atoms with Crippen LogP contribution < -0.4 is 10.2 Å². The van der Waals surface area contributed by atoms with Gasteiger partial charge in [-0.1, -0.05) is 29.5 Å². The number of hydrogen-bond donors (Lipinski definition) is 1. The topological polar surface area (TPSA) is 93.8 Å². The van der Waals surface area contributed by atoms with E-state index >= 15 is 0 Å². The van der Waals surface area contributed by atoms with Crippen LogP contribution in [-0.2, 0) is 4.79 Å². The largest absolute Gasteiger partial charge is 0.484 e. The molecule has 1 heterocycles. The van der Waals surface area contributed by atoms with E-state index in [0.29, 0.717) is 10.6 Å². The number of carbonyl (C=O) groups excluding carboxylic acids is 1. The fourth-order valence-electron chi connectivity index (χ4n) is 1.38. The molecule has 0 fully saturated rings. The summed E-state index contributed by atoms with van der Waals surface area (Å²) >= 11 is 0.972. The van der Waals surface area contributed by atoms with Gasteiger partial charge in [0.05, 0.1) is 16.0 Å². The predicted octanol–water partition coefficient (Wildman–Crippen LogP) is 2.19. The molecular weight excluding hydrogens is 294 g/mol. The molecule has 0 bridgehead atoms. The minimum atomic E-state index is -0.478. The van der Waals surface area contributed by atoms with Crippen molar-refractivity contribution < 1.29 is 14.5 Å². The van der Waals surface area contributed by atoms with Gasteiger partial charge in [0.15, 0.2) is 6.61 Å². The molecule has 1 N–H and O–H groups in total. The molecule has 0 unspecified atom stereocenters. The molecule has 0 radical (unpaired) electrons. The highest BCUT2D eigenvalue weighted by Gasteiger charge is 2.08. The van der Waals surface area contributed by atoms with Gasteiger partial charge >= 0.3 is 5.00 Å². The molecule has 0 spiro atoms. The summed E-state index contributed by atoms with van der Waals surface area (Å²) in [5, 5.41) is 14.2. The number of benzene rings is 1. The van der Waals surface area contributed by atoms with Crippen molar-refractivity contribution in [3.05, 3.63) is 57.5 Å². The van der Waals surface area contributed by atoms with E-state index in [9.17, 15) is 14.9 Å². The van der Waals surface area contributed by atoms with Crippen LogP contribution in [0, 0.1) is 10.1 Å². The summed E-state index contributed by atoms with van der Waals surface area (Å²) in [5.74, 6) is 0.173. The van der Waals surface area contributed by atoms with Crippen LogP contribution in [0.25, 0.3) is 0 Å². The third-order valence-electron chi connectivity index (χ3n) is 2.29. The molecule has 2 rings (SSSR count). The molecule has 7 nitrogen and oxygen atoms in total. The average molecular weight is 305 g/mol. The zero-order valence-corrected chi connectivity index (χ0v) is 11.6. The van der Waals surface area contributed by atoms with Gasteiger partial charge in [0.1, 0.15) is 5.75 Å². The number of para-hydroxylation sites is 1. The number of nitro groups is 1. The number of hydrogen-bond acceptors (Lipinski definition) is 6. The minimum absolute atomic E-state index is 0.0233. The van der Waals surface area contributed by atoms with Gasteiger partial charge < -0.3 is 4.74 Å². The van der Waals surface area contributed by atoms with E-state index < -0.39 is 10.8 Å². The lowest BCUT2D eigenvalue weighted by molar-refractivity contribution is -0.380. The summed E-state index contributed by atoms with van der Waals surface area (Å²) in [5.41, 5.74) is 2.28. The standard InChI is InChI=1S/C13H11N3O4S/c17-12(9-20-10-4-2-1-3-5-10)15-14-8-11-6-7-13(21-11)16(18)19/h1-8H,9H2,(H,15,17)/b14-8+. The molecule has 0 aliphatic heterocycles. The Hall–Kier alpha value is -2.74. The van der Waals surface area contributed by atoms with Crippen LogP contribution in [0.4, 0.5) is 5.00 Å². The first kappa shape index (κ1) is 14.7. The lowest BCUT2D eigenvalue weighted by Gasteiger charge is -2.03. The monoisotopic (exact) mass is 305 g/mol. The smallest absolute Gasteiger partial charge is 0.324 e. The third kappa shape index (κ3) is 4.69. The normalized spacial score (nSPS) is 10.5. The Bertz CT molecular complexity index is 654. The Balaban J connectivity index is 1.77. The molecule has 0 atom stereocenters. The van der Waals surface area contributed by atoms with Gasteiger partial charge in [-0.15, -0.1) is 0 Å². The number of thiophene rings is 1. The summed E-state index contributed by atoms with van der Waals surface area (Å²) in [4.78, 5) is 22.1. The Morgan fingerprint density at radius 1 is 1.33 bits per heavy atom. The zero-order chi connectivity index (χ0) is 15.1. The van der Waals surface area contributed by atoms with Crippen molar-refractivity contribution in [3.8, 4) is 5.75 Å². The first-order valence-corrected chi connectivity index (χ1v) is 6.71. The molecule has 0 aliphatic rings. The van der Waals surface area contributed by atoms with Crippen LogP contribution in [0.2, 0.25) is 0 Å². The van der Waals surface area contributed by atoms with E-state index in [1.54, 1.807) is 30.3 Å². The van der Waals surface area contributed by atoms with Crippen molar-refractivity contribution in [2.45, 2.75) is 0 Å². The maximum atomic E-state index is 11.5. The average Bonchev–Trinajstić information content (AvgIpc) is 2.95. The Morgan fingerprint density at radius 2 is 2.10 bits per heavy atom. The third-order valence-corrected chi connectivity index (χ3v) is 3.26. The highest BCUT2D eigenvalue weighted by molar-refractivity contribution is 7.16. The van der Waals surface area contributed by atoms with E-state index in [0.717, 1.165) is 11.3 Å². The SMILES string of the molecule is O=C(COc1ccccc1)N/N=C/c1ccc([N+](=O)[O-])s1. The quantitative estimate of drug-likeness (QED) is 0.503. The molecule has 1 amide bonds. The van der Waals surface area contributed by atoms with E-state index in [1.807, 2.05) is 6.07 Å². The second-order valence-corrected chi connectivity index (χ2v) is 4.92. The molecule has 108 valence electrons. The van der Waals surface area contributed by atoms with Crippen LogP contribution >= 0.6 is 11.3 Å². The molecule has 1 aromatic carbocycles. The van der Waals surface area contributed by atoms with Crippen LogP contribution in [0.15, 0.2) is 47.6 Å². The zero-order valence-electron chi connectivity index (χ0n) is 10.8. The molecular formula is C13H11N3O4S. The number of rotatable bonds is 6. The van der Waals surface area contributed by atoms with Gasteiger partial charge in [-0.3, -0.25) is 14.9 Å². The van der Waals surface area contributed by atoms with Gasteiger partial charge in [0.2, 0.25) is 0 Å². The summed E-state index contributed by atoms with van der Waals surface area (Å²) in [6, 6.07) is 11.9. The molecule has 2 aromatic rings. The Kier molecular flexibility index (Phi) is 4.99. The van der Waals surface area contributed by atoms with E-state index in [4.69, 9.17) is 4.74 Å². The molecule has 0 aliphatic carbocycles. The summed E-state index contributed by atoms with van der Waals surface area (Å²) in [7, 11) is 0. The Labute approximate surface area is 124 Å². The van der Waals surface area contributed by atoms with Crippen LogP contribution in [0.5, 0.6) is 5.75 Å². The summed E-state index contributed by atoms with van der Waals surface area (Å²) in [6.45, 7) is -0.161. The van der Waals surface area contributed by atoms with Crippen molar-refractivity contribution in [1.29, 1.82) is 0 Å². The lowest BCUT2D eigenvalue weighted by Crippen LogP contribution is -2.24. The molecule has 8 heteroatoms. The highest BCUT2D eigenvalue weighted by Crippen LogP contribution is 2.22. The van der Waals surface area contributed by atoms with Gasteiger partial charge in [-0.25, -0.2) is 5.43 Å². The maximum absolute atomic E-state index is 11.5. The fraction of sp³-hybridized carbons (Fsp3) is 0.0769.